The van der Waals surface area contributed by atoms with Gasteiger partial charge >= 0.3 is 0 Å². The summed E-state index contributed by atoms with van der Waals surface area (Å²) in [7, 11) is 0. The zero-order valence-electron chi connectivity index (χ0n) is 12.1. The molecule has 4 nitrogen and oxygen atoms in total. The fourth-order valence-corrected chi connectivity index (χ4v) is 2.93. The van der Waals surface area contributed by atoms with Crippen LogP contribution in [0.2, 0.25) is 5.02 Å². The molecule has 114 valence electrons. The lowest BCUT2D eigenvalue weighted by Gasteiger charge is -2.21. The Morgan fingerprint density at radius 2 is 2.19 bits per heavy atom. The van der Waals surface area contributed by atoms with Crippen molar-refractivity contribution in [2.24, 2.45) is 0 Å². The Hall–Kier alpha value is -1.36. The first-order chi connectivity index (χ1) is 10.2. The monoisotopic (exact) mass is 308 g/mol. The number of rotatable bonds is 8. The highest BCUT2D eigenvalue weighted by molar-refractivity contribution is 6.31. The fraction of sp³-hybridized carbons (Fsp3) is 0.438. The van der Waals surface area contributed by atoms with Crippen molar-refractivity contribution in [1.29, 1.82) is 0 Å². The minimum atomic E-state index is 0.225. The van der Waals surface area contributed by atoms with Crippen LogP contribution in [-0.4, -0.2) is 16.7 Å². The second-order valence-electron chi connectivity index (χ2n) is 5.28. The fourth-order valence-electron chi connectivity index (χ4n) is 2.64. The number of nitrogens with zero attached hydrogens (tertiary/aromatic N) is 1. The maximum absolute atomic E-state index is 8.74. The number of hydroxylamine groups is 1. The van der Waals surface area contributed by atoms with Crippen molar-refractivity contribution in [2.45, 2.75) is 38.0 Å². The third-order valence-corrected chi connectivity index (χ3v) is 4.04. The van der Waals surface area contributed by atoms with Crippen LogP contribution in [0.25, 0.3) is 0 Å². The summed E-state index contributed by atoms with van der Waals surface area (Å²) in [5.74, 6) is 1.30. The van der Waals surface area contributed by atoms with Gasteiger partial charge in [-0.3, -0.25) is 0 Å². The van der Waals surface area contributed by atoms with E-state index >= 15 is 0 Å². The first-order valence-corrected chi connectivity index (χ1v) is 7.61. The predicted octanol–water partition coefficient (Wildman–Crippen LogP) is 4.36. The van der Waals surface area contributed by atoms with E-state index in [1.807, 2.05) is 18.2 Å². The molecule has 5 heteroatoms. The Morgan fingerprint density at radius 3 is 2.86 bits per heavy atom. The zero-order valence-corrected chi connectivity index (χ0v) is 12.9. The molecular formula is C16H21ClN2O2. The van der Waals surface area contributed by atoms with Gasteiger partial charge in [-0.05, 0) is 36.8 Å². The van der Waals surface area contributed by atoms with Crippen LogP contribution >= 0.6 is 11.6 Å². The molecule has 0 aliphatic rings. The van der Waals surface area contributed by atoms with Gasteiger partial charge in [0.05, 0.1) is 6.20 Å². The molecular weight excluding hydrogens is 288 g/mol. The van der Waals surface area contributed by atoms with Crippen LogP contribution in [0.1, 0.15) is 49.5 Å². The summed E-state index contributed by atoms with van der Waals surface area (Å²) in [5.41, 5.74) is 3.35. The molecule has 2 rings (SSSR count). The number of hydrogen-bond acceptors (Lipinski definition) is 4. The molecule has 2 N–H and O–H groups in total. The molecule has 0 spiro atoms. The number of benzene rings is 1. The summed E-state index contributed by atoms with van der Waals surface area (Å²) < 4.78 is 5.39. The zero-order chi connectivity index (χ0) is 15.1. The van der Waals surface area contributed by atoms with Gasteiger partial charge in [-0.25, -0.2) is 10.5 Å². The van der Waals surface area contributed by atoms with Gasteiger partial charge in [-0.15, -0.1) is 0 Å². The lowest BCUT2D eigenvalue weighted by atomic mass is 9.86. The molecule has 0 radical (unpaired) electrons. The normalized spacial score (nSPS) is 14.0. The molecule has 2 aromatic rings. The second kappa shape index (κ2) is 8.17. The van der Waals surface area contributed by atoms with Gasteiger partial charge in [0.1, 0.15) is 6.26 Å². The number of aromatic nitrogens is 1. The van der Waals surface area contributed by atoms with Gasteiger partial charge in [0, 0.05) is 17.5 Å². The van der Waals surface area contributed by atoms with Gasteiger partial charge < -0.3 is 9.62 Å². The van der Waals surface area contributed by atoms with Crippen LogP contribution in [0.4, 0.5) is 0 Å². The van der Waals surface area contributed by atoms with Crippen LogP contribution in [0.15, 0.2) is 41.1 Å². The van der Waals surface area contributed by atoms with Gasteiger partial charge in [0.2, 0.25) is 0 Å². The van der Waals surface area contributed by atoms with Crippen LogP contribution in [0.3, 0.4) is 0 Å². The molecule has 0 bridgehead atoms. The van der Waals surface area contributed by atoms with E-state index < -0.39 is 0 Å². The first kappa shape index (κ1) is 16.0. The third-order valence-electron chi connectivity index (χ3n) is 3.70. The third kappa shape index (κ3) is 4.56. The minimum Gasteiger partial charge on any atom is -0.449 e. The van der Waals surface area contributed by atoms with E-state index in [1.165, 1.54) is 0 Å². The van der Waals surface area contributed by atoms with E-state index in [1.54, 1.807) is 12.5 Å². The molecule has 0 aliphatic carbocycles. The van der Waals surface area contributed by atoms with Gasteiger partial charge in [-0.2, -0.15) is 0 Å². The van der Waals surface area contributed by atoms with Crippen molar-refractivity contribution in [2.75, 3.05) is 6.54 Å². The van der Waals surface area contributed by atoms with E-state index in [-0.39, 0.29) is 5.92 Å². The number of oxazole rings is 1. The van der Waals surface area contributed by atoms with E-state index in [0.717, 1.165) is 35.7 Å². The molecule has 1 aromatic heterocycles. The smallest absolute Gasteiger partial charge is 0.196 e. The van der Waals surface area contributed by atoms with E-state index in [2.05, 4.69) is 23.5 Å². The lowest BCUT2D eigenvalue weighted by molar-refractivity contribution is 0.164. The van der Waals surface area contributed by atoms with Gasteiger partial charge in [-0.1, -0.05) is 36.7 Å². The summed E-state index contributed by atoms with van der Waals surface area (Å²) in [6, 6.07) is 7.94. The van der Waals surface area contributed by atoms with E-state index in [0.29, 0.717) is 12.5 Å². The average molecular weight is 309 g/mol. The van der Waals surface area contributed by atoms with Gasteiger partial charge in [0.15, 0.2) is 5.89 Å². The maximum atomic E-state index is 8.74. The topological polar surface area (TPSA) is 58.3 Å². The highest BCUT2D eigenvalue weighted by atomic mass is 35.5. The molecule has 21 heavy (non-hydrogen) atoms. The minimum absolute atomic E-state index is 0.225. The van der Waals surface area contributed by atoms with Crippen molar-refractivity contribution in [3.05, 3.63) is 53.2 Å². The summed E-state index contributed by atoms with van der Waals surface area (Å²) in [6.45, 7) is 2.69. The van der Waals surface area contributed by atoms with Crippen LogP contribution in [0.5, 0.6) is 0 Å². The van der Waals surface area contributed by atoms with Crippen LogP contribution in [-0.2, 0) is 0 Å². The highest BCUT2D eigenvalue weighted by Crippen LogP contribution is 2.35. The summed E-state index contributed by atoms with van der Waals surface area (Å²) in [5, 5.41) is 9.53. The summed E-state index contributed by atoms with van der Waals surface area (Å²) in [4.78, 5) is 4.23. The highest BCUT2D eigenvalue weighted by Gasteiger charge is 2.20. The number of nitrogens with one attached hydrogen (secondary N) is 1. The molecule has 2 unspecified atom stereocenters. The predicted molar refractivity (Wildman–Crippen MR) is 82.8 cm³/mol. The molecule has 2 atom stereocenters. The summed E-state index contributed by atoms with van der Waals surface area (Å²) >= 11 is 6.34. The number of halogens is 1. The maximum Gasteiger partial charge on any atom is 0.196 e. The SMILES string of the molecule is CC(CC(CCCNO)c1ccccc1Cl)c1ncco1. The van der Waals surface area contributed by atoms with Crippen molar-refractivity contribution in [3.63, 3.8) is 0 Å². The Labute approximate surface area is 130 Å². The molecule has 0 saturated carbocycles. The standard InChI is InChI=1S/C16H21ClN2O2/c1-12(16-18-9-10-21-16)11-13(5-4-8-19-20)14-6-2-3-7-15(14)17/h2-3,6-7,9-10,12-13,19-20H,4-5,8,11H2,1H3. The lowest BCUT2D eigenvalue weighted by Crippen LogP contribution is -2.12. The van der Waals surface area contributed by atoms with E-state index in [4.69, 9.17) is 21.2 Å². The molecule has 0 fully saturated rings. The Morgan fingerprint density at radius 1 is 1.38 bits per heavy atom. The van der Waals surface area contributed by atoms with E-state index in [9.17, 15) is 0 Å². The molecule has 0 aliphatic heterocycles. The Kier molecular flexibility index (Phi) is 6.23. The van der Waals surface area contributed by atoms with Crippen molar-refractivity contribution in [1.82, 2.24) is 10.5 Å². The largest absolute Gasteiger partial charge is 0.449 e. The molecule has 1 heterocycles. The van der Waals surface area contributed by atoms with Crippen molar-refractivity contribution < 1.29 is 9.62 Å². The second-order valence-corrected chi connectivity index (χ2v) is 5.68. The van der Waals surface area contributed by atoms with Crippen molar-refractivity contribution >= 4 is 11.6 Å². The number of hydrogen-bond donors (Lipinski definition) is 2. The Balaban J connectivity index is 2.10. The Bertz CT molecular complexity index is 531. The molecule has 0 amide bonds. The van der Waals surface area contributed by atoms with Crippen molar-refractivity contribution in [3.8, 4) is 0 Å². The molecule has 0 saturated heterocycles. The quantitative estimate of drug-likeness (QED) is 0.562. The average Bonchev–Trinajstić information content (AvgIpc) is 3.01. The van der Waals surface area contributed by atoms with Gasteiger partial charge in [0.25, 0.3) is 0 Å². The first-order valence-electron chi connectivity index (χ1n) is 7.23. The molecule has 1 aromatic carbocycles. The van der Waals surface area contributed by atoms with Crippen LogP contribution < -0.4 is 5.48 Å². The van der Waals surface area contributed by atoms with Crippen LogP contribution in [0, 0.1) is 0 Å². The summed E-state index contributed by atoms with van der Waals surface area (Å²) in [6.07, 6.45) is 6.01.